The van der Waals surface area contributed by atoms with E-state index in [9.17, 15) is 30.8 Å². The van der Waals surface area contributed by atoms with E-state index in [-0.39, 0.29) is 28.8 Å². The molecule has 224 valence electrons. The number of nitrogens with zero attached hydrogens (tertiary/aromatic N) is 3. The average Bonchev–Trinajstić information content (AvgIpc) is 2.98. The molecule has 0 atom stereocenters. The molecule has 13 heteroatoms. The van der Waals surface area contributed by atoms with Gasteiger partial charge in [-0.25, -0.2) is 22.5 Å². The number of pyridine rings is 1. The number of aromatic nitrogens is 1. The summed E-state index contributed by atoms with van der Waals surface area (Å²) in [6, 6.07) is 13.0. The number of amides is 1. The molecule has 2 saturated heterocycles. The van der Waals surface area contributed by atoms with E-state index in [1.54, 1.807) is 4.90 Å². The summed E-state index contributed by atoms with van der Waals surface area (Å²) < 4.78 is 86.1. The van der Waals surface area contributed by atoms with Crippen LogP contribution in [0, 0.1) is 5.82 Å². The van der Waals surface area contributed by atoms with Gasteiger partial charge in [-0.2, -0.15) is 13.2 Å². The molecule has 2 aromatic carbocycles. The largest absolute Gasteiger partial charge is 0.474 e. The third-order valence-corrected chi connectivity index (χ3v) is 9.01. The summed E-state index contributed by atoms with van der Waals surface area (Å²) in [5.74, 6) is -0.357. The fourth-order valence-corrected chi connectivity index (χ4v) is 6.37. The van der Waals surface area contributed by atoms with Crippen LogP contribution in [0.2, 0.25) is 0 Å². The van der Waals surface area contributed by atoms with E-state index in [1.807, 2.05) is 4.90 Å². The lowest BCUT2D eigenvalue weighted by Gasteiger charge is -2.33. The zero-order valence-corrected chi connectivity index (χ0v) is 23.4. The lowest BCUT2D eigenvalue weighted by Crippen LogP contribution is -2.46. The Bertz CT molecular complexity index is 1470. The zero-order chi connectivity index (χ0) is 29.9. The van der Waals surface area contributed by atoms with Crippen LogP contribution in [0.5, 0.6) is 5.88 Å². The summed E-state index contributed by atoms with van der Waals surface area (Å²) in [6.07, 6.45) is -1.16. The number of alkyl halides is 3. The molecule has 1 aromatic heterocycles. The van der Waals surface area contributed by atoms with E-state index in [4.69, 9.17) is 4.74 Å². The lowest BCUT2D eigenvalue weighted by atomic mass is 10.0. The van der Waals surface area contributed by atoms with Gasteiger partial charge in [-0.3, -0.25) is 4.79 Å². The van der Waals surface area contributed by atoms with E-state index in [1.165, 1.54) is 54.7 Å². The van der Waals surface area contributed by atoms with Gasteiger partial charge < -0.3 is 14.5 Å². The topological polar surface area (TPSA) is 91.8 Å². The van der Waals surface area contributed by atoms with Crippen molar-refractivity contribution in [3.8, 4) is 5.88 Å². The molecule has 2 fully saturated rings. The number of hydrogen-bond acceptors (Lipinski definition) is 6. The van der Waals surface area contributed by atoms with Gasteiger partial charge in [-0.1, -0.05) is 0 Å². The first-order valence-electron chi connectivity index (χ1n) is 13.6. The average molecular weight is 607 g/mol. The van der Waals surface area contributed by atoms with E-state index in [0.717, 1.165) is 12.1 Å². The fourth-order valence-electron chi connectivity index (χ4n) is 5.12. The SMILES string of the molecule is O=C(c1ccc(F)cc1)N1CCC(NS(=O)(=O)c2ccc(OC3CCN(c4ccc(C(F)(F)F)cc4)CC3)nc2)CC1. The maximum absolute atomic E-state index is 13.1. The first-order chi connectivity index (χ1) is 20.0. The van der Waals surface area contributed by atoms with Crippen LogP contribution >= 0.6 is 0 Å². The van der Waals surface area contributed by atoms with Gasteiger partial charge in [0.15, 0.2) is 0 Å². The van der Waals surface area contributed by atoms with Crippen LogP contribution < -0.4 is 14.4 Å². The zero-order valence-electron chi connectivity index (χ0n) is 22.6. The summed E-state index contributed by atoms with van der Waals surface area (Å²) in [6.45, 7) is 1.93. The number of piperidine rings is 2. The molecule has 2 aliphatic heterocycles. The minimum Gasteiger partial charge on any atom is -0.474 e. The number of sulfonamides is 1. The van der Waals surface area contributed by atoms with Crippen LogP contribution in [-0.4, -0.2) is 62.5 Å². The monoisotopic (exact) mass is 606 g/mol. The quantitative estimate of drug-likeness (QED) is 0.386. The van der Waals surface area contributed by atoms with Gasteiger partial charge in [0.25, 0.3) is 5.91 Å². The predicted octanol–water partition coefficient (Wildman–Crippen LogP) is 4.87. The number of rotatable bonds is 7. The van der Waals surface area contributed by atoms with Crippen molar-refractivity contribution >= 4 is 21.6 Å². The lowest BCUT2D eigenvalue weighted by molar-refractivity contribution is -0.137. The maximum atomic E-state index is 13.1. The molecular formula is C29H30F4N4O4S. The second-order valence-corrected chi connectivity index (χ2v) is 12.1. The van der Waals surface area contributed by atoms with E-state index in [0.29, 0.717) is 63.1 Å². The van der Waals surface area contributed by atoms with Gasteiger partial charge in [-0.05, 0) is 67.4 Å². The Hall–Kier alpha value is -3.71. The number of ether oxygens (including phenoxy) is 1. The van der Waals surface area contributed by atoms with Crippen molar-refractivity contribution < 1.29 is 35.5 Å². The van der Waals surface area contributed by atoms with Crippen LogP contribution in [0.4, 0.5) is 23.2 Å². The number of hydrogen-bond donors (Lipinski definition) is 1. The predicted molar refractivity (Wildman–Crippen MR) is 147 cm³/mol. The van der Waals surface area contributed by atoms with Crippen molar-refractivity contribution in [2.45, 2.75) is 48.9 Å². The highest BCUT2D eigenvalue weighted by Crippen LogP contribution is 2.31. The van der Waals surface area contributed by atoms with Gasteiger partial charge in [0.05, 0.1) is 11.8 Å². The van der Waals surface area contributed by atoms with Crippen molar-refractivity contribution in [3.05, 3.63) is 83.8 Å². The van der Waals surface area contributed by atoms with Gasteiger partial charge in [0, 0.05) is 62.4 Å². The minimum absolute atomic E-state index is 0.00297. The molecule has 1 N–H and O–H groups in total. The van der Waals surface area contributed by atoms with E-state index < -0.39 is 27.6 Å². The molecule has 5 rings (SSSR count). The Balaban J connectivity index is 1.08. The normalized spacial score (nSPS) is 17.3. The van der Waals surface area contributed by atoms with E-state index in [2.05, 4.69) is 9.71 Å². The number of nitrogens with one attached hydrogen (secondary N) is 1. The minimum atomic E-state index is -4.37. The van der Waals surface area contributed by atoms with Crippen molar-refractivity contribution in [1.82, 2.24) is 14.6 Å². The summed E-state index contributed by atoms with van der Waals surface area (Å²) >= 11 is 0. The Kier molecular flexibility index (Phi) is 8.69. The molecule has 0 saturated carbocycles. The highest BCUT2D eigenvalue weighted by atomic mass is 32.2. The number of halogens is 4. The molecule has 0 radical (unpaired) electrons. The molecule has 42 heavy (non-hydrogen) atoms. The molecular weight excluding hydrogens is 576 g/mol. The third-order valence-electron chi connectivity index (χ3n) is 7.50. The van der Waals surface area contributed by atoms with Crippen molar-refractivity contribution in [3.63, 3.8) is 0 Å². The van der Waals surface area contributed by atoms with Crippen LogP contribution in [0.1, 0.15) is 41.6 Å². The number of carbonyl (C=O) groups excluding carboxylic acids is 1. The second-order valence-electron chi connectivity index (χ2n) is 10.4. The number of anilines is 1. The van der Waals surface area contributed by atoms with Gasteiger partial charge in [0.2, 0.25) is 15.9 Å². The highest BCUT2D eigenvalue weighted by Gasteiger charge is 2.31. The van der Waals surface area contributed by atoms with Crippen LogP contribution in [-0.2, 0) is 16.2 Å². The molecule has 0 aliphatic carbocycles. The standard InChI is InChI=1S/C29H30F4N4O4S/c30-22-5-1-20(2-6-22)28(38)37-15-11-23(12-16-37)35-42(39,40)26-9-10-27(34-19-26)41-25-13-17-36(18-14-25)24-7-3-21(4-8-24)29(31,32)33/h1-10,19,23,25,35H,11-18H2. The Morgan fingerprint density at radius 2 is 1.52 bits per heavy atom. The molecule has 0 spiro atoms. The molecule has 8 nitrogen and oxygen atoms in total. The number of likely N-dealkylation sites (tertiary alicyclic amines) is 1. The van der Waals surface area contributed by atoms with Gasteiger partial charge >= 0.3 is 6.18 Å². The molecule has 0 unspecified atom stereocenters. The molecule has 3 heterocycles. The summed E-state index contributed by atoms with van der Waals surface area (Å²) in [5, 5.41) is 0. The van der Waals surface area contributed by atoms with Crippen LogP contribution in [0.25, 0.3) is 0 Å². The smallest absolute Gasteiger partial charge is 0.416 e. The van der Waals surface area contributed by atoms with Gasteiger partial charge in [-0.15, -0.1) is 0 Å². The summed E-state index contributed by atoms with van der Waals surface area (Å²) in [7, 11) is -3.84. The summed E-state index contributed by atoms with van der Waals surface area (Å²) in [4.78, 5) is 20.4. The number of benzene rings is 2. The maximum Gasteiger partial charge on any atom is 0.416 e. The van der Waals surface area contributed by atoms with Crippen molar-refractivity contribution in [2.75, 3.05) is 31.1 Å². The van der Waals surface area contributed by atoms with Crippen molar-refractivity contribution in [1.29, 1.82) is 0 Å². The first-order valence-corrected chi connectivity index (χ1v) is 15.1. The number of carbonyl (C=O) groups is 1. The Morgan fingerprint density at radius 3 is 2.10 bits per heavy atom. The Morgan fingerprint density at radius 1 is 0.881 bits per heavy atom. The van der Waals surface area contributed by atoms with Gasteiger partial charge in [0.1, 0.15) is 16.8 Å². The van der Waals surface area contributed by atoms with Crippen LogP contribution in [0.15, 0.2) is 71.8 Å². The third kappa shape index (κ3) is 7.19. The Labute approximate surface area is 241 Å². The molecule has 1 amide bonds. The van der Waals surface area contributed by atoms with Crippen molar-refractivity contribution in [2.24, 2.45) is 0 Å². The molecule has 3 aromatic rings. The molecule has 2 aliphatic rings. The summed E-state index contributed by atoms with van der Waals surface area (Å²) in [5.41, 5.74) is 0.414. The van der Waals surface area contributed by atoms with E-state index >= 15 is 0 Å². The fraction of sp³-hybridized carbons (Fsp3) is 0.379. The van der Waals surface area contributed by atoms with Crippen LogP contribution in [0.3, 0.4) is 0 Å². The first kappa shape index (κ1) is 29.8. The highest BCUT2D eigenvalue weighted by molar-refractivity contribution is 7.89. The molecule has 0 bridgehead atoms. The second kappa shape index (κ2) is 12.3.